The Kier molecular flexibility index (Phi) is 6.42. The zero-order chi connectivity index (χ0) is 19.2. The number of esters is 2. The maximum absolute atomic E-state index is 12.8. The number of hydrogen-bond acceptors (Lipinski definition) is 6. The van der Waals surface area contributed by atoms with E-state index >= 15 is 0 Å². The number of methoxy groups -OCH3 is 1. The molecule has 1 N–H and O–H groups in total. The molecule has 0 heterocycles. The minimum Gasteiger partial charge on any atom is -0.465 e. The normalized spacial score (nSPS) is 11.0. The third-order valence-electron chi connectivity index (χ3n) is 3.31. The largest absolute Gasteiger partial charge is 0.465 e. The third-order valence-corrected chi connectivity index (χ3v) is 4.72. The van der Waals surface area contributed by atoms with Crippen LogP contribution >= 0.6 is 0 Å². The molecule has 0 fully saturated rings. The van der Waals surface area contributed by atoms with E-state index in [2.05, 4.69) is 9.46 Å². The lowest BCUT2D eigenvalue weighted by molar-refractivity contribution is -0.143. The monoisotopic (exact) mass is 381 g/mol. The van der Waals surface area contributed by atoms with Gasteiger partial charge in [-0.3, -0.25) is 4.79 Å². The second-order valence-corrected chi connectivity index (χ2v) is 6.89. The predicted molar refractivity (Wildman–Crippen MR) is 89.2 cm³/mol. The molecule has 2 rings (SSSR count). The smallest absolute Gasteiger partial charge is 0.337 e. The van der Waals surface area contributed by atoms with Crippen molar-refractivity contribution in [2.45, 2.75) is 11.5 Å². The van der Waals surface area contributed by atoms with E-state index < -0.39 is 34.3 Å². The molecule has 0 aliphatic heterocycles. The summed E-state index contributed by atoms with van der Waals surface area (Å²) < 4.78 is 48.4. The molecule has 0 saturated heterocycles. The molecule has 0 saturated carbocycles. The average Bonchev–Trinajstić information content (AvgIpc) is 2.65. The van der Waals surface area contributed by atoms with Gasteiger partial charge >= 0.3 is 11.9 Å². The fourth-order valence-corrected chi connectivity index (χ4v) is 2.89. The average molecular weight is 381 g/mol. The lowest BCUT2D eigenvalue weighted by atomic mass is 10.1. The first kappa shape index (κ1) is 19.5. The van der Waals surface area contributed by atoms with Crippen molar-refractivity contribution in [2.75, 3.05) is 13.7 Å². The molecule has 0 radical (unpaired) electrons. The Balaban J connectivity index is 1.85. The van der Waals surface area contributed by atoms with Crippen LogP contribution in [0.25, 0.3) is 0 Å². The fourth-order valence-electron chi connectivity index (χ4n) is 1.92. The van der Waals surface area contributed by atoms with Gasteiger partial charge in [-0.05, 0) is 42.0 Å². The van der Waals surface area contributed by atoms with Gasteiger partial charge in [-0.1, -0.05) is 12.1 Å². The molecule has 9 heteroatoms. The van der Waals surface area contributed by atoms with Gasteiger partial charge in [0.05, 0.1) is 17.6 Å². The van der Waals surface area contributed by atoms with Gasteiger partial charge < -0.3 is 9.47 Å². The molecule has 0 amide bonds. The van der Waals surface area contributed by atoms with Crippen molar-refractivity contribution in [3.8, 4) is 0 Å². The Morgan fingerprint density at radius 2 is 1.65 bits per heavy atom. The summed E-state index contributed by atoms with van der Waals surface area (Å²) in [6, 6.07) is 10.4. The zero-order valence-electron chi connectivity index (χ0n) is 13.8. The quantitative estimate of drug-likeness (QED) is 0.732. The number of sulfonamides is 1. The SMILES string of the molecule is COC(=O)c1ccc(COC(=O)CNS(=O)(=O)c2ccc(F)cc2)cc1. The van der Waals surface area contributed by atoms with Gasteiger partial charge in [-0.2, -0.15) is 4.72 Å². The number of benzene rings is 2. The van der Waals surface area contributed by atoms with Gasteiger partial charge in [0.1, 0.15) is 19.0 Å². The maximum Gasteiger partial charge on any atom is 0.337 e. The fraction of sp³-hybridized carbons (Fsp3) is 0.176. The molecular formula is C17H16FNO6S. The first-order valence-electron chi connectivity index (χ1n) is 7.40. The van der Waals surface area contributed by atoms with E-state index in [9.17, 15) is 22.4 Å². The summed E-state index contributed by atoms with van der Waals surface area (Å²) in [6.45, 7) is -0.654. The van der Waals surface area contributed by atoms with E-state index in [1.165, 1.54) is 19.2 Å². The van der Waals surface area contributed by atoms with Crippen molar-refractivity contribution in [3.05, 3.63) is 65.5 Å². The van der Waals surface area contributed by atoms with Crippen LogP contribution in [0.2, 0.25) is 0 Å². The van der Waals surface area contributed by atoms with Crippen LogP contribution in [-0.4, -0.2) is 34.0 Å². The Labute approximate surface area is 149 Å². The number of nitrogens with one attached hydrogen (secondary N) is 1. The van der Waals surface area contributed by atoms with Gasteiger partial charge in [0.2, 0.25) is 10.0 Å². The molecule has 26 heavy (non-hydrogen) atoms. The van der Waals surface area contributed by atoms with Crippen molar-refractivity contribution >= 4 is 22.0 Å². The van der Waals surface area contributed by atoms with Crippen molar-refractivity contribution in [1.82, 2.24) is 4.72 Å². The molecule has 138 valence electrons. The van der Waals surface area contributed by atoms with Crippen LogP contribution in [0.5, 0.6) is 0 Å². The van der Waals surface area contributed by atoms with Crippen molar-refractivity contribution < 1.29 is 31.9 Å². The molecular weight excluding hydrogens is 365 g/mol. The minimum absolute atomic E-state index is 0.0848. The van der Waals surface area contributed by atoms with Crippen LogP contribution in [0.4, 0.5) is 4.39 Å². The topological polar surface area (TPSA) is 98.8 Å². The van der Waals surface area contributed by atoms with Crippen molar-refractivity contribution in [3.63, 3.8) is 0 Å². The molecule has 0 aliphatic rings. The van der Waals surface area contributed by atoms with E-state index in [0.29, 0.717) is 11.1 Å². The predicted octanol–water partition coefficient (Wildman–Crippen LogP) is 1.63. The summed E-state index contributed by atoms with van der Waals surface area (Å²) in [5.41, 5.74) is 0.974. The first-order valence-corrected chi connectivity index (χ1v) is 8.88. The van der Waals surface area contributed by atoms with Gasteiger partial charge in [0.15, 0.2) is 0 Å². The Morgan fingerprint density at radius 1 is 1.04 bits per heavy atom. The number of carbonyl (C=O) groups is 2. The second-order valence-electron chi connectivity index (χ2n) is 5.13. The molecule has 0 spiro atoms. The van der Waals surface area contributed by atoms with Gasteiger partial charge in [0.25, 0.3) is 0 Å². The standard InChI is InChI=1S/C17H16FNO6S/c1-24-17(21)13-4-2-12(3-5-13)11-25-16(20)10-19-26(22,23)15-8-6-14(18)7-9-15/h2-9,19H,10-11H2,1H3. The molecule has 7 nitrogen and oxygen atoms in total. The van der Waals surface area contributed by atoms with Crippen molar-refractivity contribution in [1.29, 1.82) is 0 Å². The molecule has 0 atom stereocenters. The number of rotatable bonds is 7. The van der Waals surface area contributed by atoms with E-state index in [1.54, 1.807) is 12.1 Å². The summed E-state index contributed by atoms with van der Waals surface area (Å²) in [6.07, 6.45) is 0. The number of hydrogen-bond donors (Lipinski definition) is 1. The van der Waals surface area contributed by atoms with Crippen molar-refractivity contribution in [2.24, 2.45) is 0 Å². The van der Waals surface area contributed by atoms with Gasteiger partial charge in [-0.15, -0.1) is 0 Å². The van der Waals surface area contributed by atoms with Crippen LogP contribution in [0, 0.1) is 5.82 Å². The van der Waals surface area contributed by atoms with E-state index in [4.69, 9.17) is 4.74 Å². The first-order chi connectivity index (χ1) is 12.3. The summed E-state index contributed by atoms with van der Waals surface area (Å²) in [4.78, 5) is 22.8. The van der Waals surface area contributed by atoms with Crippen LogP contribution in [0.3, 0.4) is 0 Å². The van der Waals surface area contributed by atoms with E-state index in [0.717, 1.165) is 24.3 Å². The van der Waals surface area contributed by atoms with Gasteiger partial charge in [0, 0.05) is 0 Å². The molecule has 0 bridgehead atoms. The third kappa shape index (κ3) is 5.36. The lowest BCUT2D eigenvalue weighted by Gasteiger charge is -2.08. The highest BCUT2D eigenvalue weighted by molar-refractivity contribution is 7.89. The highest BCUT2D eigenvalue weighted by atomic mass is 32.2. The molecule has 2 aromatic carbocycles. The molecule has 0 unspecified atom stereocenters. The van der Waals surface area contributed by atoms with Crippen LogP contribution in [0.1, 0.15) is 15.9 Å². The molecule has 0 aliphatic carbocycles. The second kappa shape index (κ2) is 8.54. The Hall–Kier alpha value is -2.78. The highest BCUT2D eigenvalue weighted by Gasteiger charge is 2.16. The van der Waals surface area contributed by atoms with Crippen LogP contribution < -0.4 is 4.72 Å². The van der Waals surface area contributed by atoms with E-state index in [1.807, 2.05) is 0 Å². The van der Waals surface area contributed by atoms with Crippen LogP contribution in [-0.2, 0) is 30.9 Å². The maximum atomic E-state index is 12.8. The summed E-state index contributed by atoms with van der Waals surface area (Å²) >= 11 is 0. The van der Waals surface area contributed by atoms with Gasteiger partial charge in [-0.25, -0.2) is 17.6 Å². The Morgan fingerprint density at radius 3 is 2.23 bits per heavy atom. The summed E-state index contributed by atoms with van der Waals surface area (Å²) in [5, 5.41) is 0. The molecule has 2 aromatic rings. The van der Waals surface area contributed by atoms with E-state index in [-0.39, 0.29) is 11.5 Å². The minimum atomic E-state index is -3.94. The van der Waals surface area contributed by atoms with Crippen LogP contribution in [0.15, 0.2) is 53.4 Å². The number of halogens is 1. The molecule has 0 aromatic heterocycles. The number of carbonyl (C=O) groups excluding carboxylic acids is 2. The Bertz CT molecular complexity index is 878. The zero-order valence-corrected chi connectivity index (χ0v) is 14.6. The summed E-state index contributed by atoms with van der Waals surface area (Å²) in [7, 11) is -2.67. The highest BCUT2D eigenvalue weighted by Crippen LogP contribution is 2.10. The lowest BCUT2D eigenvalue weighted by Crippen LogP contribution is -2.30. The number of ether oxygens (including phenoxy) is 2. The summed E-state index contributed by atoms with van der Waals surface area (Å²) in [5.74, 6) is -1.84.